The van der Waals surface area contributed by atoms with Gasteiger partial charge in [-0.15, -0.1) is 0 Å². The molecule has 0 aromatic carbocycles. The molecular weight excluding hydrogens is 228 g/mol. The van der Waals surface area contributed by atoms with Crippen molar-refractivity contribution in [3.05, 3.63) is 0 Å². The maximum absolute atomic E-state index is 11.9. The molecule has 0 radical (unpaired) electrons. The lowest BCUT2D eigenvalue weighted by Crippen LogP contribution is -2.42. The summed E-state index contributed by atoms with van der Waals surface area (Å²) in [5.41, 5.74) is -0.423. The zero-order chi connectivity index (χ0) is 14.2. The highest BCUT2D eigenvalue weighted by molar-refractivity contribution is 5.68. The van der Waals surface area contributed by atoms with E-state index in [4.69, 9.17) is 4.74 Å². The second kappa shape index (κ2) is 8.35. The van der Waals surface area contributed by atoms with Gasteiger partial charge in [-0.1, -0.05) is 13.8 Å². The number of nitrogens with one attached hydrogen (secondary N) is 1. The molecule has 0 atom stereocenters. The first-order chi connectivity index (χ1) is 8.34. The number of nitrogens with zero attached hydrogens (tertiary/aromatic N) is 1. The Morgan fingerprint density at radius 3 is 2.17 bits per heavy atom. The van der Waals surface area contributed by atoms with E-state index in [1.165, 1.54) is 0 Å². The molecule has 0 saturated heterocycles. The Bertz CT molecular complexity index is 232. The van der Waals surface area contributed by atoms with Crippen LogP contribution in [0.15, 0.2) is 0 Å². The number of hydrogen-bond donors (Lipinski definition) is 1. The Morgan fingerprint density at radius 1 is 1.22 bits per heavy atom. The number of hydrogen-bond acceptors (Lipinski definition) is 3. The first kappa shape index (κ1) is 17.2. The van der Waals surface area contributed by atoms with Crippen LogP contribution < -0.4 is 5.32 Å². The van der Waals surface area contributed by atoms with Gasteiger partial charge in [0.15, 0.2) is 0 Å². The predicted octanol–water partition coefficient (Wildman–Crippen LogP) is 3.02. The Kier molecular flexibility index (Phi) is 8.00. The molecule has 0 unspecified atom stereocenters. The van der Waals surface area contributed by atoms with Gasteiger partial charge in [-0.3, -0.25) is 0 Å². The van der Waals surface area contributed by atoms with Gasteiger partial charge in [0.2, 0.25) is 0 Å². The summed E-state index contributed by atoms with van der Waals surface area (Å²) in [7, 11) is 0. The molecule has 4 heteroatoms. The molecule has 0 aliphatic rings. The van der Waals surface area contributed by atoms with Crippen molar-refractivity contribution in [2.45, 2.75) is 66.0 Å². The maximum Gasteiger partial charge on any atom is 0.410 e. The van der Waals surface area contributed by atoms with Crippen molar-refractivity contribution in [1.82, 2.24) is 10.2 Å². The summed E-state index contributed by atoms with van der Waals surface area (Å²) in [6, 6.07) is 0.544. The topological polar surface area (TPSA) is 41.6 Å². The largest absolute Gasteiger partial charge is 0.444 e. The lowest BCUT2D eigenvalue weighted by molar-refractivity contribution is 0.0261. The molecule has 0 aromatic rings. The molecular formula is C14H30N2O2. The summed E-state index contributed by atoms with van der Waals surface area (Å²) < 4.78 is 5.36. The van der Waals surface area contributed by atoms with Gasteiger partial charge < -0.3 is 15.0 Å². The van der Waals surface area contributed by atoms with Gasteiger partial charge >= 0.3 is 6.09 Å². The van der Waals surface area contributed by atoms with Gasteiger partial charge in [-0.25, -0.2) is 4.79 Å². The van der Waals surface area contributed by atoms with Crippen LogP contribution in [0.1, 0.15) is 54.4 Å². The lowest BCUT2D eigenvalue weighted by atomic mass is 10.2. The highest BCUT2D eigenvalue weighted by Crippen LogP contribution is 2.09. The Balaban J connectivity index is 4.07. The summed E-state index contributed by atoms with van der Waals surface area (Å²) in [5.74, 6) is 0. The van der Waals surface area contributed by atoms with E-state index in [0.717, 1.165) is 19.4 Å². The second-order valence-electron chi connectivity index (χ2n) is 5.53. The number of carbonyl (C=O) groups excluding carboxylic acids is 1. The van der Waals surface area contributed by atoms with Gasteiger partial charge in [-0.2, -0.15) is 0 Å². The van der Waals surface area contributed by atoms with Gasteiger partial charge in [0.05, 0.1) is 0 Å². The van der Waals surface area contributed by atoms with E-state index in [2.05, 4.69) is 19.2 Å². The van der Waals surface area contributed by atoms with Crippen LogP contribution in [0.4, 0.5) is 4.79 Å². The number of amides is 1. The number of ether oxygens (including phenoxy) is 1. The SMILES string of the molecule is CCC(CC)NCCN(CC)C(=O)OC(C)(C)C. The highest BCUT2D eigenvalue weighted by Gasteiger charge is 2.20. The Morgan fingerprint density at radius 2 is 1.78 bits per heavy atom. The smallest absolute Gasteiger partial charge is 0.410 e. The predicted molar refractivity (Wildman–Crippen MR) is 75.9 cm³/mol. The molecule has 0 heterocycles. The van der Waals surface area contributed by atoms with Crippen LogP contribution in [-0.4, -0.2) is 42.3 Å². The molecule has 0 rings (SSSR count). The fourth-order valence-corrected chi connectivity index (χ4v) is 1.69. The lowest BCUT2D eigenvalue weighted by Gasteiger charge is -2.27. The fraction of sp³-hybridized carbons (Fsp3) is 0.929. The van der Waals surface area contributed by atoms with E-state index < -0.39 is 5.60 Å². The van der Waals surface area contributed by atoms with Crippen LogP contribution in [0.25, 0.3) is 0 Å². The summed E-state index contributed by atoms with van der Waals surface area (Å²) in [6.07, 6.45) is 2.01. The minimum Gasteiger partial charge on any atom is -0.444 e. The summed E-state index contributed by atoms with van der Waals surface area (Å²) >= 11 is 0. The molecule has 0 aliphatic carbocycles. The summed E-state index contributed by atoms with van der Waals surface area (Å²) in [5, 5.41) is 3.45. The van der Waals surface area contributed by atoms with Crippen molar-refractivity contribution >= 4 is 6.09 Å². The van der Waals surface area contributed by atoms with Crippen LogP contribution >= 0.6 is 0 Å². The molecule has 0 aliphatic heterocycles. The quantitative estimate of drug-likeness (QED) is 0.763. The average Bonchev–Trinajstić information content (AvgIpc) is 2.27. The normalized spacial score (nSPS) is 11.7. The first-order valence-electron chi connectivity index (χ1n) is 7.05. The van der Waals surface area contributed by atoms with E-state index in [9.17, 15) is 4.79 Å². The van der Waals surface area contributed by atoms with Crippen LogP contribution in [-0.2, 0) is 4.74 Å². The number of rotatable bonds is 7. The summed E-state index contributed by atoms with van der Waals surface area (Å²) in [4.78, 5) is 13.6. The van der Waals surface area contributed by atoms with E-state index in [1.54, 1.807) is 4.90 Å². The molecule has 108 valence electrons. The van der Waals surface area contributed by atoms with Gasteiger partial charge in [0.1, 0.15) is 5.60 Å². The molecule has 1 N–H and O–H groups in total. The number of likely N-dealkylation sites (N-methyl/N-ethyl adjacent to an activating group) is 1. The van der Waals surface area contributed by atoms with Crippen LogP contribution in [0.2, 0.25) is 0 Å². The maximum atomic E-state index is 11.9. The standard InChI is InChI=1S/C14H30N2O2/c1-7-12(8-2)15-10-11-16(9-3)13(17)18-14(4,5)6/h12,15H,7-11H2,1-6H3. The highest BCUT2D eigenvalue weighted by atomic mass is 16.6. The van der Waals surface area contributed by atoms with Crippen molar-refractivity contribution in [3.63, 3.8) is 0 Å². The minimum atomic E-state index is -0.423. The zero-order valence-electron chi connectivity index (χ0n) is 12.9. The average molecular weight is 258 g/mol. The third kappa shape index (κ3) is 7.54. The third-order valence-corrected chi connectivity index (χ3v) is 2.83. The van der Waals surface area contributed by atoms with Gasteiger partial charge in [0.25, 0.3) is 0 Å². The van der Waals surface area contributed by atoms with Crippen LogP contribution in [0.3, 0.4) is 0 Å². The molecule has 4 nitrogen and oxygen atoms in total. The van der Waals surface area contributed by atoms with E-state index in [0.29, 0.717) is 19.1 Å². The molecule has 1 amide bonds. The van der Waals surface area contributed by atoms with Gasteiger partial charge in [0, 0.05) is 25.7 Å². The molecule has 18 heavy (non-hydrogen) atoms. The Labute approximate surface area is 112 Å². The Hall–Kier alpha value is -0.770. The van der Waals surface area contributed by atoms with Crippen molar-refractivity contribution in [3.8, 4) is 0 Å². The van der Waals surface area contributed by atoms with E-state index in [1.807, 2.05) is 27.7 Å². The van der Waals surface area contributed by atoms with Crippen LogP contribution in [0.5, 0.6) is 0 Å². The van der Waals surface area contributed by atoms with Crippen molar-refractivity contribution in [2.24, 2.45) is 0 Å². The minimum absolute atomic E-state index is 0.226. The van der Waals surface area contributed by atoms with E-state index >= 15 is 0 Å². The first-order valence-corrected chi connectivity index (χ1v) is 7.05. The van der Waals surface area contributed by atoms with Crippen LogP contribution in [0, 0.1) is 0 Å². The molecule has 0 bridgehead atoms. The van der Waals surface area contributed by atoms with Crippen molar-refractivity contribution in [1.29, 1.82) is 0 Å². The molecule has 0 spiro atoms. The van der Waals surface area contributed by atoms with Gasteiger partial charge in [-0.05, 0) is 40.5 Å². The molecule has 0 aromatic heterocycles. The second-order valence-corrected chi connectivity index (χ2v) is 5.53. The van der Waals surface area contributed by atoms with Crippen molar-refractivity contribution < 1.29 is 9.53 Å². The zero-order valence-corrected chi connectivity index (χ0v) is 12.9. The third-order valence-electron chi connectivity index (χ3n) is 2.83. The number of carbonyl (C=O) groups is 1. The monoisotopic (exact) mass is 258 g/mol. The van der Waals surface area contributed by atoms with E-state index in [-0.39, 0.29) is 6.09 Å². The molecule has 0 fully saturated rings. The fourth-order valence-electron chi connectivity index (χ4n) is 1.69. The van der Waals surface area contributed by atoms with Crippen molar-refractivity contribution in [2.75, 3.05) is 19.6 Å². The molecule has 0 saturated carbocycles. The summed E-state index contributed by atoms with van der Waals surface area (Å²) in [6.45, 7) is 14.2.